The highest BCUT2D eigenvalue weighted by Crippen LogP contribution is 2.47. The van der Waals surface area contributed by atoms with Gasteiger partial charge in [0, 0.05) is 16.0 Å². The molecular weight excluding hydrogens is 484 g/mol. The second kappa shape index (κ2) is 9.35. The number of benzene rings is 2. The molecule has 170 valence electrons. The van der Waals surface area contributed by atoms with Crippen LogP contribution in [0.2, 0.25) is 0 Å². The lowest BCUT2D eigenvalue weighted by Gasteiger charge is -2.19. The number of ether oxygens (including phenoxy) is 1. The smallest absolute Gasteiger partial charge is 0.379 e. The number of hydrogen-bond donors (Lipinski definition) is 1. The first kappa shape index (κ1) is 23.0. The molecule has 1 aliphatic carbocycles. The molecule has 1 saturated carbocycles. The van der Waals surface area contributed by atoms with Gasteiger partial charge < -0.3 is 9.15 Å². The van der Waals surface area contributed by atoms with Crippen molar-refractivity contribution in [1.29, 1.82) is 0 Å². The predicted molar refractivity (Wildman–Crippen MR) is 130 cm³/mol. The molecule has 0 aliphatic heterocycles. The fourth-order valence-electron chi connectivity index (χ4n) is 3.59. The summed E-state index contributed by atoms with van der Waals surface area (Å²) in [6, 6.07) is 16.8. The van der Waals surface area contributed by atoms with Gasteiger partial charge in [-0.05, 0) is 59.2 Å². The molecule has 6 nitrogen and oxygen atoms in total. The van der Waals surface area contributed by atoms with Gasteiger partial charge in [-0.15, -0.1) is 0 Å². The summed E-state index contributed by atoms with van der Waals surface area (Å²) in [6.45, 7) is 6.55. The van der Waals surface area contributed by atoms with Crippen molar-refractivity contribution < 1.29 is 18.7 Å². The van der Waals surface area contributed by atoms with E-state index in [1.54, 1.807) is 24.3 Å². The molecule has 1 fully saturated rings. The number of hydrogen-bond acceptors (Lipinski definition) is 5. The molecule has 4 rings (SSSR count). The Kier molecular flexibility index (Phi) is 6.51. The van der Waals surface area contributed by atoms with Crippen LogP contribution in [0.5, 0.6) is 5.75 Å². The topological polar surface area (TPSA) is 80.9 Å². The number of carbonyl (C=O) groups excluding carboxylic acids is 2. The standard InChI is InChI=1S/C26H25BrN2O4/c1-26(2,3)18-8-6-16(7-9-18)20-14-21(20)24(30)29-28-15-17-13-19(27)10-11-22(17)33-25(31)23-5-4-12-32-23/h4-13,15,20-21H,14H2,1-3H3,(H,29,30)/t20-,21-/m1/s1. The Morgan fingerprint density at radius 3 is 2.58 bits per heavy atom. The zero-order valence-electron chi connectivity index (χ0n) is 18.7. The van der Waals surface area contributed by atoms with E-state index in [0.29, 0.717) is 11.3 Å². The Hall–Kier alpha value is -3.19. The van der Waals surface area contributed by atoms with Crippen LogP contribution < -0.4 is 10.2 Å². The van der Waals surface area contributed by atoms with E-state index in [0.717, 1.165) is 10.9 Å². The van der Waals surface area contributed by atoms with E-state index in [4.69, 9.17) is 9.15 Å². The van der Waals surface area contributed by atoms with Crippen LogP contribution in [0.15, 0.2) is 74.9 Å². The Morgan fingerprint density at radius 2 is 1.91 bits per heavy atom. The maximum absolute atomic E-state index is 12.6. The highest BCUT2D eigenvalue weighted by Gasteiger charge is 2.44. The van der Waals surface area contributed by atoms with Crippen molar-refractivity contribution >= 4 is 34.0 Å². The van der Waals surface area contributed by atoms with E-state index in [2.05, 4.69) is 71.5 Å². The maximum Gasteiger partial charge on any atom is 0.379 e. The molecule has 1 N–H and O–H groups in total. The Morgan fingerprint density at radius 1 is 1.15 bits per heavy atom. The van der Waals surface area contributed by atoms with E-state index in [1.165, 1.54) is 29.7 Å². The Labute approximate surface area is 201 Å². The van der Waals surface area contributed by atoms with Crippen LogP contribution in [0, 0.1) is 5.92 Å². The number of esters is 1. The fourth-order valence-corrected chi connectivity index (χ4v) is 3.97. The minimum atomic E-state index is -0.612. The number of furan rings is 1. The van der Waals surface area contributed by atoms with Gasteiger partial charge in [0.25, 0.3) is 0 Å². The van der Waals surface area contributed by atoms with Crippen LogP contribution in [-0.2, 0) is 10.2 Å². The molecule has 0 radical (unpaired) electrons. The molecule has 1 aromatic heterocycles. The van der Waals surface area contributed by atoms with Crippen molar-refractivity contribution in [1.82, 2.24) is 5.43 Å². The van der Waals surface area contributed by atoms with E-state index in [1.807, 2.05) is 0 Å². The lowest BCUT2D eigenvalue weighted by molar-refractivity contribution is -0.122. The van der Waals surface area contributed by atoms with Gasteiger partial charge in [-0.3, -0.25) is 4.79 Å². The van der Waals surface area contributed by atoms with E-state index in [9.17, 15) is 9.59 Å². The highest BCUT2D eigenvalue weighted by atomic mass is 79.9. The summed E-state index contributed by atoms with van der Waals surface area (Å²) in [5.41, 5.74) is 5.70. The summed E-state index contributed by atoms with van der Waals surface area (Å²) in [7, 11) is 0. The van der Waals surface area contributed by atoms with Crippen LogP contribution in [0.3, 0.4) is 0 Å². The average molecular weight is 509 g/mol. The quantitative estimate of drug-likeness (QED) is 0.197. The molecule has 1 heterocycles. The first-order valence-corrected chi connectivity index (χ1v) is 11.5. The van der Waals surface area contributed by atoms with Gasteiger partial charge in [0.15, 0.2) is 0 Å². The van der Waals surface area contributed by atoms with Crippen LogP contribution in [0.4, 0.5) is 0 Å². The van der Waals surface area contributed by atoms with Crippen molar-refractivity contribution in [3.05, 3.63) is 87.8 Å². The maximum atomic E-state index is 12.6. The third-order valence-corrected chi connectivity index (χ3v) is 6.10. The zero-order valence-corrected chi connectivity index (χ0v) is 20.3. The van der Waals surface area contributed by atoms with Gasteiger partial charge in [-0.2, -0.15) is 5.10 Å². The summed E-state index contributed by atoms with van der Waals surface area (Å²) in [6.07, 6.45) is 3.67. The van der Waals surface area contributed by atoms with Gasteiger partial charge in [0.05, 0.1) is 12.5 Å². The molecule has 2 aromatic carbocycles. The summed E-state index contributed by atoms with van der Waals surface area (Å²) < 4.78 is 11.3. The second-order valence-corrected chi connectivity index (χ2v) is 10.0. The van der Waals surface area contributed by atoms with Gasteiger partial charge >= 0.3 is 5.97 Å². The molecule has 3 aromatic rings. The van der Waals surface area contributed by atoms with Crippen LogP contribution in [0.25, 0.3) is 0 Å². The number of amides is 1. The minimum absolute atomic E-state index is 0.0959. The van der Waals surface area contributed by atoms with Crippen molar-refractivity contribution in [3.8, 4) is 5.75 Å². The lowest BCUT2D eigenvalue weighted by atomic mass is 9.86. The predicted octanol–water partition coefficient (Wildman–Crippen LogP) is 5.81. The zero-order chi connectivity index (χ0) is 23.6. The number of nitrogens with zero attached hydrogens (tertiary/aromatic N) is 1. The van der Waals surface area contributed by atoms with E-state index < -0.39 is 5.97 Å². The summed E-state index contributed by atoms with van der Waals surface area (Å²) in [4.78, 5) is 24.8. The van der Waals surface area contributed by atoms with Crippen LogP contribution in [0.1, 0.15) is 60.4 Å². The summed E-state index contributed by atoms with van der Waals surface area (Å²) >= 11 is 3.40. The molecular formula is C26H25BrN2O4. The van der Waals surface area contributed by atoms with Crippen molar-refractivity contribution in [2.75, 3.05) is 0 Å². The monoisotopic (exact) mass is 508 g/mol. The average Bonchev–Trinajstić information content (AvgIpc) is 3.39. The highest BCUT2D eigenvalue weighted by molar-refractivity contribution is 9.10. The van der Waals surface area contributed by atoms with Gasteiger partial charge in [-0.1, -0.05) is 61.0 Å². The largest absolute Gasteiger partial charge is 0.457 e. The number of hydrazone groups is 1. The van der Waals surface area contributed by atoms with E-state index in [-0.39, 0.29) is 28.9 Å². The normalized spacial score (nSPS) is 17.7. The molecule has 0 bridgehead atoms. The van der Waals surface area contributed by atoms with E-state index >= 15 is 0 Å². The molecule has 0 saturated heterocycles. The molecule has 0 spiro atoms. The van der Waals surface area contributed by atoms with Crippen molar-refractivity contribution in [3.63, 3.8) is 0 Å². The Balaban J connectivity index is 1.37. The lowest BCUT2D eigenvalue weighted by Crippen LogP contribution is -2.20. The molecule has 1 amide bonds. The molecule has 0 unspecified atom stereocenters. The molecule has 2 atom stereocenters. The van der Waals surface area contributed by atoms with Crippen molar-refractivity contribution in [2.24, 2.45) is 11.0 Å². The molecule has 33 heavy (non-hydrogen) atoms. The first-order valence-electron chi connectivity index (χ1n) is 10.7. The number of carbonyl (C=O) groups is 2. The van der Waals surface area contributed by atoms with Crippen LogP contribution in [-0.4, -0.2) is 18.1 Å². The second-order valence-electron chi connectivity index (χ2n) is 9.10. The van der Waals surface area contributed by atoms with Crippen LogP contribution >= 0.6 is 15.9 Å². The van der Waals surface area contributed by atoms with Crippen molar-refractivity contribution in [2.45, 2.75) is 38.5 Å². The van der Waals surface area contributed by atoms with Gasteiger partial charge in [-0.25, -0.2) is 10.2 Å². The fraction of sp³-hybridized carbons (Fsp3) is 0.269. The summed E-state index contributed by atoms with van der Waals surface area (Å²) in [5, 5.41) is 4.09. The molecule has 7 heteroatoms. The first-order chi connectivity index (χ1) is 15.7. The van der Waals surface area contributed by atoms with Gasteiger partial charge in [0.2, 0.25) is 11.7 Å². The third kappa shape index (κ3) is 5.60. The molecule has 1 aliphatic rings. The Bertz CT molecular complexity index is 1180. The van der Waals surface area contributed by atoms with Gasteiger partial charge in [0.1, 0.15) is 5.75 Å². The number of rotatable bonds is 6. The number of nitrogens with one attached hydrogen (secondary N) is 1. The minimum Gasteiger partial charge on any atom is -0.457 e. The number of halogens is 1. The third-order valence-electron chi connectivity index (χ3n) is 5.61. The summed E-state index contributed by atoms with van der Waals surface area (Å²) in [5.74, 6) is -0.212. The SMILES string of the molecule is CC(C)(C)c1ccc([C@H]2C[C@H]2C(=O)NN=Cc2cc(Br)ccc2OC(=O)c2ccco2)cc1.